The Morgan fingerprint density at radius 3 is 2.57 bits per heavy atom. The summed E-state index contributed by atoms with van der Waals surface area (Å²) >= 11 is 1.24. The predicted molar refractivity (Wildman–Crippen MR) is 111 cm³/mol. The molecule has 0 unspecified atom stereocenters. The van der Waals surface area contributed by atoms with Crippen molar-refractivity contribution in [1.82, 2.24) is 9.21 Å². The van der Waals surface area contributed by atoms with Gasteiger partial charge in [-0.1, -0.05) is 12.1 Å². The molecule has 1 aromatic carbocycles. The maximum absolute atomic E-state index is 12.7. The number of hydrogen-bond donors (Lipinski definition) is 1. The van der Waals surface area contributed by atoms with Crippen LogP contribution in [0, 0.1) is 0 Å². The first-order chi connectivity index (χ1) is 13.4. The van der Waals surface area contributed by atoms with E-state index in [0.29, 0.717) is 30.4 Å². The highest BCUT2D eigenvalue weighted by molar-refractivity contribution is 7.91. The Balaban J connectivity index is 1.34. The number of anilines is 1. The van der Waals surface area contributed by atoms with Crippen molar-refractivity contribution in [3.63, 3.8) is 0 Å². The fraction of sp³-hybridized carbons (Fsp3) is 0.450. The minimum Gasteiger partial charge on any atom is -0.325 e. The molecule has 0 spiro atoms. The normalized spacial score (nSPS) is 19.3. The van der Waals surface area contributed by atoms with Gasteiger partial charge in [0.05, 0.1) is 6.04 Å². The molecule has 4 rings (SSSR count). The minimum absolute atomic E-state index is 0.0486. The average molecular weight is 420 g/mol. The highest BCUT2D eigenvalue weighted by Gasteiger charge is 2.32. The van der Waals surface area contributed by atoms with E-state index < -0.39 is 10.0 Å². The second kappa shape index (κ2) is 7.94. The van der Waals surface area contributed by atoms with Gasteiger partial charge in [0.2, 0.25) is 5.91 Å². The number of carbonyl (C=O) groups is 1. The van der Waals surface area contributed by atoms with Crippen LogP contribution in [0.2, 0.25) is 0 Å². The summed E-state index contributed by atoms with van der Waals surface area (Å²) in [7, 11) is -3.42. The summed E-state index contributed by atoms with van der Waals surface area (Å²) in [5.41, 5.74) is 3.56. The molecule has 150 valence electrons. The molecule has 6 nitrogen and oxygen atoms in total. The molecule has 0 bridgehead atoms. The molecule has 1 aromatic heterocycles. The van der Waals surface area contributed by atoms with Gasteiger partial charge < -0.3 is 5.32 Å². The fourth-order valence-electron chi connectivity index (χ4n) is 3.93. The van der Waals surface area contributed by atoms with Crippen LogP contribution in [0.15, 0.2) is 39.9 Å². The zero-order valence-electron chi connectivity index (χ0n) is 15.9. The Bertz CT molecular complexity index is 949. The molecule has 1 aliphatic carbocycles. The molecule has 1 atom stereocenters. The van der Waals surface area contributed by atoms with Crippen LogP contribution in [0.3, 0.4) is 0 Å². The molecule has 28 heavy (non-hydrogen) atoms. The van der Waals surface area contributed by atoms with Crippen molar-refractivity contribution in [1.29, 1.82) is 0 Å². The van der Waals surface area contributed by atoms with Crippen molar-refractivity contribution in [3.8, 4) is 0 Å². The van der Waals surface area contributed by atoms with Gasteiger partial charge in [-0.25, -0.2) is 8.42 Å². The lowest BCUT2D eigenvalue weighted by Gasteiger charge is -2.36. The van der Waals surface area contributed by atoms with Gasteiger partial charge in [0.15, 0.2) is 0 Å². The number of nitrogens with zero attached hydrogens (tertiary/aromatic N) is 2. The van der Waals surface area contributed by atoms with Crippen LogP contribution < -0.4 is 5.32 Å². The van der Waals surface area contributed by atoms with E-state index in [1.54, 1.807) is 17.5 Å². The van der Waals surface area contributed by atoms with Gasteiger partial charge in [0.1, 0.15) is 4.21 Å². The van der Waals surface area contributed by atoms with Crippen LogP contribution in [0.4, 0.5) is 5.69 Å². The summed E-state index contributed by atoms with van der Waals surface area (Å²) in [5.74, 6) is -0.0486. The smallest absolute Gasteiger partial charge is 0.252 e. The summed E-state index contributed by atoms with van der Waals surface area (Å²) in [5, 5.41) is 4.79. The topological polar surface area (TPSA) is 69.7 Å². The van der Waals surface area contributed by atoms with E-state index in [9.17, 15) is 13.2 Å². The number of amides is 1. The molecule has 0 radical (unpaired) electrons. The van der Waals surface area contributed by atoms with Crippen LogP contribution in [0.1, 0.15) is 24.5 Å². The number of aryl methyl sites for hydroxylation is 2. The van der Waals surface area contributed by atoms with Crippen molar-refractivity contribution >= 4 is 33.0 Å². The van der Waals surface area contributed by atoms with E-state index in [1.165, 1.54) is 33.2 Å². The van der Waals surface area contributed by atoms with Crippen molar-refractivity contribution in [2.24, 2.45) is 0 Å². The van der Waals surface area contributed by atoms with Gasteiger partial charge in [-0.05, 0) is 60.9 Å². The van der Waals surface area contributed by atoms with E-state index in [2.05, 4.69) is 17.4 Å². The zero-order valence-corrected chi connectivity index (χ0v) is 17.6. The number of nitrogens with one attached hydrogen (secondary N) is 1. The van der Waals surface area contributed by atoms with Gasteiger partial charge in [-0.2, -0.15) is 4.31 Å². The van der Waals surface area contributed by atoms with Gasteiger partial charge >= 0.3 is 0 Å². The fourth-order valence-corrected chi connectivity index (χ4v) is 6.50. The maximum atomic E-state index is 12.7. The highest BCUT2D eigenvalue weighted by Crippen LogP contribution is 2.25. The van der Waals surface area contributed by atoms with Crippen LogP contribution >= 0.6 is 11.3 Å². The average Bonchev–Trinajstić information content (AvgIpc) is 3.39. The van der Waals surface area contributed by atoms with E-state index in [0.717, 1.165) is 18.5 Å². The van der Waals surface area contributed by atoms with Gasteiger partial charge in [0, 0.05) is 31.9 Å². The number of hydrogen-bond acceptors (Lipinski definition) is 5. The van der Waals surface area contributed by atoms with Gasteiger partial charge in [-0.3, -0.25) is 9.69 Å². The van der Waals surface area contributed by atoms with E-state index in [1.807, 2.05) is 17.9 Å². The molecule has 8 heteroatoms. The number of piperazine rings is 1. The zero-order chi connectivity index (χ0) is 19.7. The van der Waals surface area contributed by atoms with Crippen molar-refractivity contribution in [3.05, 3.63) is 46.8 Å². The van der Waals surface area contributed by atoms with Gasteiger partial charge in [-0.15, -0.1) is 11.3 Å². The third-order valence-corrected chi connectivity index (χ3v) is 8.93. The third kappa shape index (κ3) is 3.87. The Labute approximate surface area is 170 Å². The highest BCUT2D eigenvalue weighted by atomic mass is 32.2. The number of thiophene rings is 1. The van der Waals surface area contributed by atoms with E-state index >= 15 is 0 Å². The first kappa shape index (κ1) is 19.6. The van der Waals surface area contributed by atoms with Crippen molar-refractivity contribution in [2.75, 3.05) is 31.5 Å². The summed E-state index contributed by atoms with van der Waals surface area (Å²) in [6.45, 7) is 3.77. The standard InChI is InChI=1S/C20H25N3O3S2/c1-15(20(24)21-18-8-7-16-4-2-5-17(16)14-18)22-9-11-23(12-10-22)28(25,26)19-6-3-13-27-19/h3,6-8,13-15H,2,4-5,9-12H2,1H3,(H,21,24)/t15-/m0/s1. The molecule has 0 saturated carbocycles. The minimum atomic E-state index is -3.42. The number of rotatable bonds is 5. The lowest BCUT2D eigenvalue weighted by Crippen LogP contribution is -2.53. The lowest BCUT2D eigenvalue weighted by atomic mass is 10.1. The first-order valence-corrected chi connectivity index (χ1v) is 12.0. The molecular formula is C20H25N3O3S2. The molecule has 2 aliphatic rings. The summed E-state index contributed by atoms with van der Waals surface area (Å²) in [6.07, 6.45) is 3.38. The third-order valence-electron chi connectivity index (χ3n) is 5.66. The second-order valence-corrected chi connectivity index (χ2v) is 10.5. The first-order valence-electron chi connectivity index (χ1n) is 9.65. The number of benzene rings is 1. The van der Waals surface area contributed by atoms with Crippen molar-refractivity contribution < 1.29 is 13.2 Å². The molecule has 2 heterocycles. The molecule has 1 saturated heterocycles. The Hall–Kier alpha value is -1.74. The molecule has 1 N–H and O–H groups in total. The van der Waals surface area contributed by atoms with E-state index in [-0.39, 0.29) is 11.9 Å². The Morgan fingerprint density at radius 1 is 1.11 bits per heavy atom. The molecule has 1 fully saturated rings. The molecular weight excluding hydrogens is 394 g/mol. The van der Waals surface area contributed by atoms with Crippen LogP contribution in [0.25, 0.3) is 0 Å². The number of sulfonamides is 1. The number of fused-ring (bicyclic) bond motifs is 1. The predicted octanol–water partition coefficient (Wildman–Crippen LogP) is 2.57. The molecule has 2 aromatic rings. The largest absolute Gasteiger partial charge is 0.325 e. The van der Waals surface area contributed by atoms with Crippen molar-refractivity contribution in [2.45, 2.75) is 36.4 Å². The summed E-state index contributed by atoms with van der Waals surface area (Å²) in [6, 6.07) is 9.24. The molecule has 1 amide bonds. The Kier molecular flexibility index (Phi) is 5.55. The SMILES string of the molecule is C[C@@H](C(=O)Nc1ccc2c(c1)CCC2)N1CCN(S(=O)(=O)c2cccs2)CC1. The maximum Gasteiger partial charge on any atom is 0.252 e. The van der Waals surface area contributed by atoms with E-state index in [4.69, 9.17) is 0 Å². The second-order valence-electron chi connectivity index (χ2n) is 7.37. The molecule has 1 aliphatic heterocycles. The monoisotopic (exact) mass is 419 g/mol. The van der Waals surface area contributed by atoms with Gasteiger partial charge in [0.25, 0.3) is 10.0 Å². The lowest BCUT2D eigenvalue weighted by molar-refractivity contribution is -0.121. The Morgan fingerprint density at radius 2 is 1.86 bits per heavy atom. The summed E-state index contributed by atoms with van der Waals surface area (Å²) in [4.78, 5) is 14.7. The van der Waals surface area contributed by atoms with Crippen LogP contribution in [0.5, 0.6) is 0 Å². The summed E-state index contributed by atoms with van der Waals surface area (Å²) < 4.78 is 27.2. The number of carbonyl (C=O) groups excluding carboxylic acids is 1. The quantitative estimate of drug-likeness (QED) is 0.809. The van der Waals surface area contributed by atoms with Crippen LogP contribution in [-0.4, -0.2) is 55.8 Å². The van der Waals surface area contributed by atoms with Crippen LogP contribution in [-0.2, 0) is 27.7 Å².